The smallest absolute Gasteiger partial charge is 0.396 e. The lowest BCUT2D eigenvalue weighted by Crippen LogP contribution is -2.43. The number of aliphatic hydroxyl groups excluding tert-OH is 1. The van der Waals surface area contributed by atoms with E-state index >= 15 is 0 Å². The van der Waals surface area contributed by atoms with Crippen LogP contribution >= 0.6 is 0 Å². The maximum Gasteiger partial charge on any atom is 0.416 e. The standard InChI is InChI=1S/C13H18F3NO/c1-9(17)12(2,7-8-18)10-5-3-4-6-11(10)13(14,15)16/h3-6,9,18H,7-8,17H2,1-2H3. The van der Waals surface area contributed by atoms with Gasteiger partial charge in [-0.15, -0.1) is 0 Å². The summed E-state index contributed by atoms with van der Waals surface area (Å²) in [7, 11) is 0. The van der Waals surface area contributed by atoms with Gasteiger partial charge in [0.15, 0.2) is 0 Å². The second-order valence-corrected chi connectivity index (χ2v) is 4.72. The lowest BCUT2D eigenvalue weighted by Gasteiger charge is -2.35. The fraction of sp³-hybridized carbons (Fsp3) is 0.538. The molecule has 0 aromatic heterocycles. The third kappa shape index (κ3) is 2.84. The van der Waals surface area contributed by atoms with Crippen molar-refractivity contribution in [3.8, 4) is 0 Å². The summed E-state index contributed by atoms with van der Waals surface area (Å²) in [4.78, 5) is 0. The Morgan fingerprint density at radius 3 is 2.11 bits per heavy atom. The minimum atomic E-state index is -4.41. The summed E-state index contributed by atoms with van der Waals surface area (Å²) in [5.74, 6) is 0. The van der Waals surface area contributed by atoms with E-state index in [4.69, 9.17) is 10.8 Å². The summed E-state index contributed by atoms with van der Waals surface area (Å²) >= 11 is 0. The van der Waals surface area contributed by atoms with Gasteiger partial charge in [0.2, 0.25) is 0 Å². The summed E-state index contributed by atoms with van der Waals surface area (Å²) < 4.78 is 38.9. The van der Waals surface area contributed by atoms with Gasteiger partial charge in [0, 0.05) is 18.1 Å². The number of nitrogens with two attached hydrogens (primary N) is 1. The molecule has 1 rings (SSSR count). The Morgan fingerprint density at radius 1 is 1.22 bits per heavy atom. The lowest BCUT2D eigenvalue weighted by molar-refractivity contribution is -0.138. The van der Waals surface area contributed by atoms with E-state index in [1.165, 1.54) is 12.1 Å². The van der Waals surface area contributed by atoms with Gasteiger partial charge in [-0.05, 0) is 25.0 Å². The molecule has 18 heavy (non-hydrogen) atoms. The molecule has 0 radical (unpaired) electrons. The number of hydrogen-bond acceptors (Lipinski definition) is 2. The zero-order valence-electron chi connectivity index (χ0n) is 10.5. The van der Waals surface area contributed by atoms with E-state index in [1.807, 2.05) is 0 Å². The Bertz CT molecular complexity index is 403. The van der Waals surface area contributed by atoms with Crippen molar-refractivity contribution in [3.05, 3.63) is 35.4 Å². The summed E-state index contributed by atoms with van der Waals surface area (Å²) in [6.45, 7) is 3.10. The van der Waals surface area contributed by atoms with Crippen molar-refractivity contribution in [1.29, 1.82) is 0 Å². The van der Waals surface area contributed by atoms with Crippen LogP contribution in [-0.2, 0) is 11.6 Å². The monoisotopic (exact) mass is 261 g/mol. The second kappa shape index (κ2) is 5.28. The first-order chi connectivity index (χ1) is 8.23. The Labute approximate surface area is 105 Å². The van der Waals surface area contributed by atoms with Crippen LogP contribution in [0.3, 0.4) is 0 Å². The predicted molar refractivity (Wildman–Crippen MR) is 64.1 cm³/mol. The Kier molecular flexibility index (Phi) is 4.40. The van der Waals surface area contributed by atoms with Crippen LogP contribution in [0.15, 0.2) is 24.3 Å². The van der Waals surface area contributed by atoms with Gasteiger partial charge in [0.25, 0.3) is 0 Å². The molecular formula is C13H18F3NO. The molecule has 0 aliphatic rings. The molecule has 0 aliphatic carbocycles. The molecule has 3 N–H and O–H groups in total. The zero-order valence-corrected chi connectivity index (χ0v) is 10.5. The molecule has 0 amide bonds. The lowest BCUT2D eigenvalue weighted by atomic mass is 9.72. The SMILES string of the molecule is CC(N)C(C)(CCO)c1ccccc1C(F)(F)F. The average molecular weight is 261 g/mol. The van der Waals surface area contributed by atoms with Crippen molar-refractivity contribution in [3.63, 3.8) is 0 Å². The fourth-order valence-corrected chi connectivity index (χ4v) is 2.07. The molecule has 102 valence electrons. The third-order valence-corrected chi connectivity index (χ3v) is 3.48. The van der Waals surface area contributed by atoms with Gasteiger partial charge in [-0.3, -0.25) is 0 Å². The van der Waals surface area contributed by atoms with Gasteiger partial charge < -0.3 is 10.8 Å². The largest absolute Gasteiger partial charge is 0.416 e. The van der Waals surface area contributed by atoms with Crippen LogP contribution in [0.5, 0.6) is 0 Å². The summed E-state index contributed by atoms with van der Waals surface area (Å²) in [5, 5.41) is 9.07. The highest BCUT2D eigenvalue weighted by molar-refractivity contribution is 5.37. The van der Waals surface area contributed by atoms with Crippen LogP contribution in [0, 0.1) is 0 Å². The van der Waals surface area contributed by atoms with Gasteiger partial charge in [-0.2, -0.15) is 13.2 Å². The Morgan fingerprint density at radius 2 is 1.72 bits per heavy atom. The van der Waals surface area contributed by atoms with Crippen LogP contribution in [0.25, 0.3) is 0 Å². The van der Waals surface area contributed by atoms with Gasteiger partial charge in [0.1, 0.15) is 0 Å². The van der Waals surface area contributed by atoms with Gasteiger partial charge in [-0.25, -0.2) is 0 Å². The molecule has 2 atom stereocenters. The number of hydrogen-bond donors (Lipinski definition) is 2. The molecular weight excluding hydrogens is 243 g/mol. The second-order valence-electron chi connectivity index (χ2n) is 4.72. The summed E-state index contributed by atoms with van der Waals surface area (Å²) in [6.07, 6.45) is -4.22. The molecule has 2 nitrogen and oxygen atoms in total. The Hall–Kier alpha value is -1.07. The number of alkyl halides is 3. The molecule has 0 aliphatic heterocycles. The van der Waals surface area contributed by atoms with Gasteiger partial charge in [-0.1, -0.05) is 25.1 Å². The minimum Gasteiger partial charge on any atom is -0.396 e. The maximum absolute atomic E-state index is 13.0. The number of aliphatic hydroxyl groups is 1. The van der Waals surface area contributed by atoms with Crippen molar-refractivity contribution < 1.29 is 18.3 Å². The van der Waals surface area contributed by atoms with E-state index in [0.717, 1.165) is 6.07 Å². The molecule has 2 unspecified atom stereocenters. The first-order valence-electron chi connectivity index (χ1n) is 5.76. The third-order valence-electron chi connectivity index (χ3n) is 3.48. The summed E-state index contributed by atoms with van der Waals surface area (Å²) in [5.41, 5.74) is 4.38. The maximum atomic E-state index is 13.0. The first kappa shape index (κ1) is 15.0. The Balaban J connectivity index is 3.38. The number of halogens is 3. The highest BCUT2D eigenvalue weighted by Crippen LogP contribution is 2.40. The fourth-order valence-electron chi connectivity index (χ4n) is 2.07. The van der Waals surface area contributed by atoms with Crippen molar-refractivity contribution in [2.24, 2.45) is 5.73 Å². The molecule has 0 saturated heterocycles. The van der Waals surface area contributed by atoms with Crippen molar-refractivity contribution in [2.75, 3.05) is 6.61 Å². The van der Waals surface area contributed by atoms with Crippen molar-refractivity contribution in [2.45, 2.75) is 37.9 Å². The van der Waals surface area contributed by atoms with Crippen LogP contribution in [0.2, 0.25) is 0 Å². The average Bonchev–Trinajstić information content (AvgIpc) is 2.28. The van der Waals surface area contributed by atoms with E-state index in [9.17, 15) is 13.2 Å². The van der Waals surface area contributed by atoms with E-state index in [0.29, 0.717) is 0 Å². The molecule has 1 aromatic rings. The van der Waals surface area contributed by atoms with Crippen LogP contribution in [-0.4, -0.2) is 17.8 Å². The molecule has 0 saturated carbocycles. The van der Waals surface area contributed by atoms with Crippen LogP contribution in [0.1, 0.15) is 31.4 Å². The van der Waals surface area contributed by atoms with Crippen LogP contribution < -0.4 is 5.73 Å². The van der Waals surface area contributed by atoms with E-state index in [2.05, 4.69) is 0 Å². The molecule has 1 aromatic carbocycles. The normalized spacial score (nSPS) is 17.3. The number of rotatable bonds is 4. The molecule has 0 heterocycles. The van der Waals surface area contributed by atoms with E-state index in [1.54, 1.807) is 19.9 Å². The minimum absolute atomic E-state index is 0.140. The quantitative estimate of drug-likeness (QED) is 0.875. The van der Waals surface area contributed by atoms with Crippen LogP contribution in [0.4, 0.5) is 13.2 Å². The van der Waals surface area contributed by atoms with Crippen molar-refractivity contribution in [1.82, 2.24) is 0 Å². The van der Waals surface area contributed by atoms with E-state index in [-0.39, 0.29) is 18.6 Å². The highest BCUT2D eigenvalue weighted by Gasteiger charge is 2.40. The topological polar surface area (TPSA) is 46.2 Å². The molecule has 0 fully saturated rings. The van der Waals surface area contributed by atoms with Crippen molar-refractivity contribution >= 4 is 0 Å². The van der Waals surface area contributed by atoms with Gasteiger partial charge >= 0.3 is 6.18 Å². The molecule has 0 bridgehead atoms. The van der Waals surface area contributed by atoms with E-state index < -0.39 is 23.2 Å². The number of benzene rings is 1. The zero-order chi connectivity index (χ0) is 14.0. The highest BCUT2D eigenvalue weighted by atomic mass is 19.4. The molecule has 5 heteroatoms. The van der Waals surface area contributed by atoms with Gasteiger partial charge in [0.05, 0.1) is 5.56 Å². The first-order valence-corrected chi connectivity index (χ1v) is 5.76. The molecule has 0 spiro atoms. The summed E-state index contributed by atoms with van der Waals surface area (Å²) in [6, 6.07) is 4.90. The predicted octanol–water partition coefficient (Wildman–Crippen LogP) is 2.69.